The molecule has 1 aliphatic carbocycles. The van der Waals surface area contributed by atoms with Gasteiger partial charge in [0, 0.05) is 22.0 Å². The second-order valence-electron chi connectivity index (χ2n) is 4.97. The molecule has 104 valence electrons. The van der Waals surface area contributed by atoms with Gasteiger partial charge in [-0.1, -0.05) is 24.3 Å². The molecule has 1 aromatic carbocycles. The van der Waals surface area contributed by atoms with Crippen molar-refractivity contribution >= 4 is 27.7 Å². The summed E-state index contributed by atoms with van der Waals surface area (Å²) in [5.74, 6) is 0. The van der Waals surface area contributed by atoms with Crippen LogP contribution in [-0.4, -0.2) is 17.3 Å². The van der Waals surface area contributed by atoms with Crippen molar-refractivity contribution in [1.29, 1.82) is 0 Å². The third-order valence-electron chi connectivity index (χ3n) is 3.74. The maximum Gasteiger partial charge on any atom is 0.0964 e. The van der Waals surface area contributed by atoms with Gasteiger partial charge in [-0.25, -0.2) is 4.98 Å². The summed E-state index contributed by atoms with van der Waals surface area (Å²) in [6.45, 7) is 0. The summed E-state index contributed by atoms with van der Waals surface area (Å²) in [5, 5.41) is 5.11. The number of nitrogens with one attached hydrogen (secondary N) is 1. The number of thioether (sulfide) groups is 1. The van der Waals surface area contributed by atoms with E-state index >= 15 is 0 Å². The smallest absolute Gasteiger partial charge is 0.0964 e. The van der Waals surface area contributed by atoms with E-state index in [2.05, 4.69) is 69.7 Å². The van der Waals surface area contributed by atoms with Crippen LogP contribution in [0.15, 0.2) is 52.1 Å². The maximum atomic E-state index is 4.49. The Morgan fingerprint density at radius 1 is 1.25 bits per heavy atom. The standard InChI is InChI=1S/C16H17BrN2S/c1-18-16-13-5-3-2-4-11(13)6-8-14(16)20-15-9-7-12(17)10-19-15/h2-5,7,9-10,14,16,18H,6,8H2,1H3. The van der Waals surface area contributed by atoms with Crippen LogP contribution < -0.4 is 5.32 Å². The fourth-order valence-electron chi connectivity index (χ4n) is 2.79. The van der Waals surface area contributed by atoms with Gasteiger partial charge < -0.3 is 5.32 Å². The van der Waals surface area contributed by atoms with Crippen molar-refractivity contribution in [3.05, 3.63) is 58.2 Å². The van der Waals surface area contributed by atoms with E-state index in [1.807, 2.05) is 18.0 Å². The van der Waals surface area contributed by atoms with Gasteiger partial charge >= 0.3 is 0 Å². The molecule has 1 aromatic heterocycles. The lowest BCUT2D eigenvalue weighted by molar-refractivity contribution is 0.510. The molecule has 1 heterocycles. The molecule has 3 rings (SSSR count). The van der Waals surface area contributed by atoms with Crippen molar-refractivity contribution in [1.82, 2.24) is 10.3 Å². The predicted octanol–water partition coefficient (Wildman–Crippen LogP) is 4.21. The highest BCUT2D eigenvalue weighted by Gasteiger charge is 2.29. The van der Waals surface area contributed by atoms with Gasteiger partial charge in [0.15, 0.2) is 0 Å². The number of fused-ring (bicyclic) bond motifs is 1. The summed E-state index contributed by atoms with van der Waals surface area (Å²) >= 11 is 5.31. The summed E-state index contributed by atoms with van der Waals surface area (Å²) in [5.41, 5.74) is 2.92. The molecular formula is C16H17BrN2S. The number of halogens is 1. The fourth-order valence-corrected chi connectivity index (χ4v) is 4.24. The second kappa shape index (κ2) is 6.29. The van der Waals surface area contributed by atoms with Crippen LogP contribution in [0, 0.1) is 0 Å². The monoisotopic (exact) mass is 348 g/mol. The normalized spacial score (nSPS) is 21.5. The molecule has 0 saturated heterocycles. The Hall–Kier alpha value is -0.840. The molecule has 4 heteroatoms. The van der Waals surface area contributed by atoms with Crippen molar-refractivity contribution in [2.45, 2.75) is 29.2 Å². The van der Waals surface area contributed by atoms with Crippen molar-refractivity contribution in [3.63, 3.8) is 0 Å². The van der Waals surface area contributed by atoms with Crippen molar-refractivity contribution in [2.75, 3.05) is 7.05 Å². The van der Waals surface area contributed by atoms with E-state index in [1.165, 1.54) is 17.5 Å². The van der Waals surface area contributed by atoms with Crippen LogP contribution in [0.5, 0.6) is 0 Å². The summed E-state index contributed by atoms with van der Waals surface area (Å²) in [6.07, 6.45) is 4.21. The molecule has 2 aromatic rings. The maximum absolute atomic E-state index is 4.49. The third kappa shape index (κ3) is 2.92. The van der Waals surface area contributed by atoms with Crippen molar-refractivity contribution in [2.24, 2.45) is 0 Å². The van der Waals surface area contributed by atoms with E-state index in [4.69, 9.17) is 0 Å². The lowest BCUT2D eigenvalue weighted by Crippen LogP contribution is -2.32. The first kappa shape index (κ1) is 14.1. The highest BCUT2D eigenvalue weighted by atomic mass is 79.9. The average Bonchev–Trinajstić information content (AvgIpc) is 2.49. The van der Waals surface area contributed by atoms with Crippen LogP contribution in [0.3, 0.4) is 0 Å². The Labute approximate surface area is 132 Å². The molecular weight excluding hydrogens is 332 g/mol. The first-order chi connectivity index (χ1) is 9.78. The van der Waals surface area contributed by atoms with Crippen molar-refractivity contribution < 1.29 is 0 Å². The van der Waals surface area contributed by atoms with Gasteiger partial charge in [-0.2, -0.15) is 0 Å². The number of hydrogen-bond donors (Lipinski definition) is 1. The van der Waals surface area contributed by atoms with E-state index in [0.29, 0.717) is 11.3 Å². The minimum atomic E-state index is 0.399. The number of nitrogens with zero attached hydrogens (tertiary/aromatic N) is 1. The second-order valence-corrected chi connectivity index (χ2v) is 7.15. The van der Waals surface area contributed by atoms with Gasteiger partial charge in [0.05, 0.1) is 5.03 Å². The minimum absolute atomic E-state index is 0.399. The largest absolute Gasteiger partial charge is 0.312 e. The lowest BCUT2D eigenvalue weighted by atomic mass is 9.87. The first-order valence-electron chi connectivity index (χ1n) is 6.81. The highest BCUT2D eigenvalue weighted by Crippen LogP contribution is 2.39. The zero-order valence-electron chi connectivity index (χ0n) is 11.3. The first-order valence-corrected chi connectivity index (χ1v) is 8.48. The summed E-state index contributed by atoms with van der Waals surface area (Å²) in [4.78, 5) is 4.49. The quantitative estimate of drug-likeness (QED) is 0.899. The van der Waals surface area contributed by atoms with E-state index in [-0.39, 0.29) is 0 Å². The van der Waals surface area contributed by atoms with Crippen LogP contribution in [0.2, 0.25) is 0 Å². The van der Waals surface area contributed by atoms with Crippen LogP contribution in [0.4, 0.5) is 0 Å². The molecule has 0 radical (unpaired) electrons. The average molecular weight is 349 g/mol. The fraction of sp³-hybridized carbons (Fsp3) is 0.312. The predicted molar refractivity (Wildman–Crippen MR) is 88.1 cm³/mol. The lowest BCUT2D eigenvalue weighted by Gasteiger charge is -2.32. The highest BCUT2D eigenvalue weighted by molar-refractivity contribution is 9.10. The Morgan fingerprint density at radius 2 is 2.10 bits per heavy atom. The van der Waals surface area contributed by atoms with Gasteiger partial charge in [-0.3, -0.25) is 0 Å². The van der Waals surface area contributed by atoms with Crippen LogP contribution in [0.25, 0.3) is 0 Å². The Morgan fingerprint density at radius 3 is 2.85 bits per heavy atom. The number of aryl methyl sites for hydroxylation is 1. The third-order valence-corrected chi connectivity index (χ3v) is 5.51. The molecule has 0 aliphatic heterocycles. The molecule has 1 N–H and O–H groups in total. The number of hydrogen-bond acceptors (Lipinski definition) is 3. The van der Waals surface area contributed by atoms with Gasteiger partial charge in [0.2, 0.25) is 0 Å². The summed E-state index contributed by atoms with van der Waals surface area (Å²) < 4.78 is 1.03. The van der Waals surface area contributed by atoms with E-state index in [1.54, 1.807) is 0 Å². The van der Waals surface area contributed by atoms with E-state index < -0.39 is 0 Å². The number of aromatic nitrogens is 1. The van der Waals surface area contributed by atoms with Crippen LogP contribution in [0.1, 0.15) is 23.6 Å². The molecule has 0 bridgehead atoms. The van der Waals surface area contributed by atoms with Gasteiger partial charge in [0.1, 0.15) is 0 Å². The molecule has 0 spiro atoms. The van der Waals surface area contributed by atoms with Gasteiger partial charge in [-0.15, -0.1) is 11.8 Å². The molecule has 0 fully saturated rings. The Bertz CT molecular complexity index is 585. The minimum Gasteiger partial charge on any atom is -0.312 e. The number of rotatable bonds is 3. The summed E-state index contributed by atoms with van der Waals surface area (Å²) in [6, 6.07) is 13.3. The summed E-state index contributed by atoms with van der Waals surface area (Å²) in [7, 11) is 2.05. The number of pyridine rings is 1. The molecule has 2 unspecified atom stereocenters. The molecule has 0 amide bonds. The van der Waals surface area contributed by atoms with E-state index in [9.17, 15) is 0 Å². The van der Waals surface area contributed by atoms with Crippen molar-refractivity contribution in [3.8, 4) is 0 Å². The molecule has 2 nitrogen and oxygen atoms in total. The van der Waals surface area contributed by atoms with Crippen LogP contribution >= 0.6 is 27.7 Å². The zero-order chi connectivity index (χ0) is 13.9. The number of benzene rings is 1. The van der Waals surface area contributed by atoms with Crippen LogP contribution in [-0.2, 0) is 6.42 Å². The zero-order valence-corrected chi connectivity index (χ0v) is 13.7. The Balaban J connectivity index is 1.82. The molecule has 20 heavy (non-hydrogen) atoms. The molecule has 0 saturated carbocycles. The van der Waals surface area contributed by atoms with Gasteiger partial charge in [0.25, 0.3) is 0 Å². The molecule has 2 atom stereocenters. The van der Waals surface area contributed by atoms with Gasteiger partial charge in [-0.05, 0) is 59.1 Å². The SMILES string of the molecule is CNC1c2ccccc2CCC1Sc1ccc(Br)cn1. The molecule has 1 aliphatic rings. The van der Waals surface area contributed by atoms with E-state index in [0.717, 1.165) is 15.9 Å². The Kier molecular flexibility index (Phi) is 4.44. The topological polar surface area (TPSA) is 24.9 Å².